The molecule has 2 aromatic carbocycles. The van der Waals surface area contributed by atoms with Crippen molar-refractivity contribution in [1.29, 1.82) is 0 Å². The summed E-state index contributed by atoms with van der Waals surface area (Å²) < 4.78 is 12.9. The molecular formula is C45H65N5O4. The topological polar surface area (TPSA) is 132 Å². The minimum absolute atomic E-state index is 0.0130. The summed E-state index contributed by atoms with van der Waals surface area (Å²) >= 11 is 0. The number of para-hydroxylation sites is 1. The lowest BCUT2D eigenvalue weighted by molar-refractivity contribution is -0.184. The lowest BCUT2D eigenvalue weighted by Crippen LogP contribution is -2.60. The summed E-state index contributed by atoms with van der Waals surface area (Å²) in [6, 6.07) is 14.8. The van der Waals surface area contributed by atoms with Gasteiger partial charge < -0.3 is 25.4 Å². The molecule has 294 valence electrons. The first-order valence-corrected chi connectivity index (χ1v) is 21.6. The van der Waals surface area contributed by atoms with E-state index in [1.54, 1.807) is 0 Å². The number of guanidine groups is 1. The molecule has 0 bridgehead atoms. The van der Waals surface area contributed by atoms with Gasteiger partial charge in [0.15, 0.2) is 11.7 Å². The van der Waals surface area contributed by atoms with E-state index < -0.39 is 17.7 Å². The average molecular weight is 740 g/mol. The molecule has 4 aliphatic carbocycles. The molecule has 1 unspecified atom stereocenters. The predicted octanol–water partition coefficient (Wildman–Crippen LogP) is 9.39. The Morgan fingerprint density at radius 1 is 0.759 bits per heavy atom. The van der Waals surface area contributed by atoms with Crippen molar-refractivity contribution in [2.45, 2.75) is 166 Å². The first-order valence-electron chi connectivity index (χ1n) is 21.6. The number of amides is 1. The third-order valence-electron chi connectivity index (χ3n) is 13.6. The molecule has 4 saturated carbocycles. The van der Waals surface area contributed by atoms with Crippen LogP contribution in [0.4, 0.5) is 5.69 Å². The van der Waals surface area contributed by atoms with Crippen molar-refractivity contribution in [2.24, 2.45) is 40.1 Å². The number of fused-ring (bicyclic) bond motifs is 1. The second-order valence-corrected chi connectivity index (χ2v) is 17.2. The molecule has 9 nitrogen and oxygen atoms in total. The first-order chi connectivity index (χ1) is 26.4. The van der Waals surface area contributed by atoms with E-state index in [9.17, 15) is 9.59 Å². The Morgan fingerprint density at radius 3 is 1.89 bits per heavy atom. The monoisotopic (exact) mass is 740 g/mol. The fourth-order valence-electron chi connectivity index (χ4n) is 10.6. The lowest BCUT2D eigenvalue weighted by Gasteiger charge is -2.46. The van der Waals surface area contributed by atoms with Crippen LogP contribution < -0.4 is 21.5 Å². The highest BCUT2D eigenvalue weighted by atomic mass is 16.6. The molecule has 54 heavy (non-hydrogen) atoms. The Labute approximate surface area is 323 Å². The Morgan fingerprint density at radius 2 is 1.31 bits per heavy atom. The summed E-state index contributed by atoms with van der Waals surface area (Å²) in [6.07, 6.45) is 23.5. The van der Waals surface area contributed by atoms with Gasteiger partial charge in [0.05, 0.1) is 5.69 Å². The van der Waals surface area contributed by atoms with Gasteiger partial charge in [0.25, 0.3) is 0 Å². The number of esters is 1. The summed E-state index contributed by atoms with van der Waals surface area (Å²) in [5.74, 6) is 2.61. The molecule has 5 aliphatic rings. The van der Waals surface area contributed by atoms with E-state index in [0.29, 0.717) is 24.1 Å². The molecule has 1 heterocycles. The molecule has 5 N–H and O–H groups in total. The summed E-state index contributed by atoms with van der Waals surface area (Å²) in [5.41, 5.74) is 14.7. The second kappa shape index (κ2) is 18.4. The molecule has 1 amide bonds. The van der Waals surface area contributed by atoms with Crippen molar-refractivity contribution >= 4 is 23.5 Å². The van der Waals surface area contributed by atoms with Gasteiger partial charge in [0, 0.05) is 36.4 Å². The van der Waals surface area contributed by atoms with Gasteiger partial charge in [-0.15, -0.1) is 0 Å². The zero-order valence-corrected chi connectivity index (χ0v) is 32.5. The van der Waals surface area contributed by atoms with Crippen LogP contribution in [0, 0.1) is 23.7 Å². The molecule has 0 spiro atoms. The predicted molar refractivity (Wildman–Crippen MR) is 214 cm³/mol. The van der Waals surface area contributed by atoms with E-state index in [0.717, 1.165) is 68.4 Å². The third-order valence-corrected chi connectivity index (χ3v) is 13.6. The zero-order chi connectivity index (χ0) is 37.3. The summed E-state index contributed by atoms with van der Waals surface area (Å²) in [6.45, 7) is 0.343. The average Bonchev–Trinajstić information content (AvgIpc) is 3.22. The van der Waals surface area contributed by atoms with E-state index in [2.05, 4.69) is 5.32 Å². The number of rotatable bonds is 13. The van der Waals surface area contributed by atoms with E-state index in [4.69, 9.17) is 25.9 Å². The SMILES string of the molecule is NC1=Nc2ccc(Oc3ccccc3)cc2CN1C(CCC(=O)NC(C1CCCCC1)C1CCCCC1)C(=O)OC(N)(C1CCCCC1)C1CCCCC1. The summed E-state index contributed by atoms with van der Waals surface area (Å²) in [4.78, 5) is 35.5. The van der Waals surface area contributed by atoms with Crippen molar-refractivity contribution in [1.82, 2.24) is 10.2 Å². The maximum atomic E-state index is 14.8. The molecule has 9 heteroatoms. The number of hydrogen-bond acceptors (Lipinski definition) is 8. The van der Waals surface area contributed by atoms with Gasteiger partial charge in [-0.2, -0.15) is 0 Å². The Bertz CT molecular complexity index is 1520. The van der Waals surface area contributed by atoms with E-state index >= 15 is 0 Å². The molecular weight excluding hydrogens is 675 g/mol. The van der Waals surface area contributed by atoms with Gasteiger partial charge >= 0.3 is 5.97 Å². The second-order valence-electron chi connectivity index (χ2n) is 17.2. The number of ether oxygens (including phenoxy) is 2. The normalized spacial score (nSPS) is 21.6. The molecule has 1 aliphatic heterocycles. The number of benzene rings is 2. The minimum Gasteiger partial charge on any atom is -0.457 e. The number of nitrogens with one attached hydrogen (secondary N) is 1. The fraction of sp³-hybridized carbons (Fsp3) is 0.667. The molecule has 7 rings (SSSR count). The Balaban J connectivity index is 1.13. The van der Waals surface area contributed by atoms with Crippen molar-refractivity contribution < 1.29 is 19.1 Å². The van der Waals surface area contributed by atoms with Crippen LogP contribution in [0.25, 0.3) is 0 Å². The van der Waals surface area contributed by atoms with Gasteiger partial charge in [-0.1, -0.05) is 95.2 Å². The van der Waals surface area contributed by atoms with Crippen LogP contribution in [0.2, 0.25) is 0 Å². The van der Waals surface area contributed by atoms with Gasteiger partial charge in [0.2, 0.25) is 5.91 Å². The molecule has 4 fully saturated rings. The van der Waals surface area contributed by atoms with Crippen LogP contribution in [-0.4, -0.2) is 40.5 Å². The highest BCUT2D eigenvalue weighted by molar-refractivity contribution is 5.89. The van der Waals surface area contributed by atoms with Crippen LogP contribution in [0.5, 0.6) is 11.5 Å². The van der Waals surface area contributed by atoms with Crippen molar-refractivity contribution in [2.75, 3.05) is 0 Å². The number of nitrogens with two attached hydrogens (primary N) is 2. The van der Waals surface area contributed by atoms with Gasteiger partial charge in [-0.3, -0.25) is 10.5 Å². The molecule has 0 radical (unpaired) electrons. The summed E-state index contributed by atoms with van der Waals surface area (Å²) in [7, 11) is 0. The van der Waals surface area contributed by atoms with E-state index in [-0.39, 0.29) is 42.6 Å². The van der Waals surface area contributed by atoms with Crippen molar-refractivity contribution in [3.05, 3.63) is 54.1 Å². The fourth-order valence-corrected chi connectivity index (χ4v) is 10.6. The van der Waals surface area contributed by atoms with Crippen LogP contribution >= 0.6 is 0 Å². The Hall–Kier alpha value is -3.59. The van der Waals surface area contributed by atoms with E-state index in [1.165, 1.54) is 77.0 Å². The van der Waals surface area contributed by atoms with Gasteiger partial charge in [0.1, 0.15) is 17.5 Å². The maximum Gasteiger partial charge on any atom is 0.330 e. The maximum absolute atomic E-state index is 14.8. The summed E-state index contributed by atoms with van der Waals surface area (Å²) in [5, 5.41) is 3.55. The molecule has 0 aromatic heterocycles. The Kier molecular flexibility index (Phi) is 13.2. The number of carbonyl (C=O) groups is 2. The third kappa shape index (κ3) is 9.43. The standard InChI is InChI=1S/C45H65N5O4/c46-44-48-39-27-26-38(53-37-24-14-5-15-25-37)30-34(39)31-50(44)40(43(52)54-45(47,35-20-10-3-11-21-35)36-22-12-4-13-23-36)28-29-41(51)49-42(32-16-6-1-7-17-32)33-18-8-2-9-19-33/h5,14-15,24-27,30,32-33,35-36,40,42H,1-4,6-13,16-23,28-29,31,47H2,(H2,46,48)(H,49,51). The first kappa shape index (κ1) is 38.7. The largest absolute Gasteiger partial charge is 0.457 e. The van der Waals surface area contributed by atoms with Crippen molar-refractivity contribution in [3.63, 3.8) is 0 Å². The van der Waals surface area contributed by atoms with Crippen LogP contribution in [0.3, 0.4) is 0 Å². The number of nitrogens with zero attached hydrogens (tertiary/aromatic N) is 2. The molecule has 2 aromatic rings. The lowest BCUT2D eigenvalue weighted by atomic mass is 9.71. The van der Waals surface area contributed by atoms with Gasteiger partial charge in [-0.25, -0.2) is 9.79 Å². The molecule has 0 saturated heterocycles. The van der Waals surface area contributed by atoms with Crippen molar-refractivity contribution in [3.8, 4) is 11.5 Å². The smallest absolute Gasteiger partial charge is 0.330 e. The van der Waals surface area contributed by atoms with Crippen LogP contribution in [0.1, 0.15) is 147 Å². The molecule has 1 atom stereocenters. The number of aliphatic imine (C=N–C) groups is 1. The van der Waals surface area contributed by atoms with Crippen LogP contribution in [0.15, 0.2) is 53.5 Å². The minimum atomic E-state index is -1.04. The van der Waals surface area contributed by atoms with E-state index in [1.807, 2.05) is 53.4 Å². The van der Waals surface area contributed by atoms with Crippen LogP contribution in [-0.2, 0) is 20.9 Å². The van der Waals surface area contributed by atoms with Gasteiger partial charge in [-0.05, 0) is 100.0 Å². The highest BCUT2D eigenvalue weighted by Crippen LogP contribution is 2.43. The highest BCUT2D eigenvalue weighted by Gasteiger charge is 2.48. The number of carbonyl (C=O) groups excluding carboxylic acids is 2. The zero-order valence-electron chi connectivity index (χ0n) is 32.5. The number of hydrogen-bond donors (Lipinski definition) is 3. The quantitative estimate of drug-likeness (QED) is 0.138.